The number of hydrogen-bond donors (Lipinski definition) is 2. The van der Waals surface area contributed by atoms with Gasteiger partial charge < -0.3 is 19.7 Å². The van der Waals surface area contributed by atoms with Gasteiger partial charge in [-0.1, -0.05) is 36.4 Å². The van der Waals surface area contributed by atoms with E-state index in [9.17, 15) is 14.7 Å². The van der Waals surface area contributed by atoms with Crippen molar-refractivity contribution < 1.29 is 19.4 Å². The minimum absolute atomic E-state index is 0.110. The molecular weight excluding hydrogens is 372 g/mol. The maximum atomic E-state index is 12.2. The molecule has 0 aliphatic rings. The minimum Gasteiger partial charge on any atom is -0.496 e. The Balaban J connectivity index is 1.74. The quantitative estimate of drug-likeness (QED) is 0.473. The molecule has 0 fully saturated rings. The fourth-order valence-electron chi connectivity index (χ4n) is 2.91. The molecule has 2 amide bonds. The minimum atomic E-state index is -0.659. The first-order valence-electron chi connectivity index (χ1n) is 8.83. The Morgan fingerprint density at radius 2 is 1.93 bits per heavy atom. The number of aromatic hydroxyl groups is 1. The lowest BCUT2D eigenvalue weighted by Crippen LogP contribution is -2.28. The molecule has 0 spiro atoms. The molecule has 0 radical (unpaired) electrons. The molecule has 1 aromatic heterocycles. The normalized spacial score (nSPS) is 10.9. The van der Waals surface area contributed by atoms with Gasteiger partial charge in [0, 0.05) is 11.9 Å². The van der Waals surface area contributed by atoms with E-state index >= 15 is 0 Å². The van der Waals surface area contributed by atoms with Gasteiger partial charge >= 0.3 is 0 Å². The van der Waals surface area contributed by atoms with Crippen molar-refractivity contribution in [2.24, 2.45) is 10.2 Å². The highest BCUT2D eigenvalue weighted by Gasteiger charge is 2.16. The summed E-state index contributed by atoms with van der Waals surface area (Å²) in [7, 11) is 1.46. The second-order valence-corrected chi connectivity index (χ2v) is 6.07. The molecule has 148 valence electrons. The van der Waals surface area contributed by atoms with E-state index in [4.69, 9.17) is 4.74 Å². The third-order valence-corrected chi connectivity index (χ3v) is 4.24. The van der Waals surface area contributed by atoms with Crippen LogP contribution in [0.15, 0.2) is 71.4 Å². The number of carbonyl (C=O) groups is 2. The molecule has 8 nitrogen and oxygen atoms in total. The van der Waals surface area contributed by atoms with Crippen LogP contribution in [0.2, 0.25) is 0 Å². The first-order chi connectivity index (χ1) is 14.1. The van der Waals surface area contributed by atoms with Gasteiger partial charge in [-0.25, -0.2) is 0 Å². The number of carbonyl (C=O) groups excluding carboxylic acids is 2. The number of fused-ring (bicyclic) bond motifs is 1. The Hall–Kier alpha value is -3.94. The fraction of sp³-hybridized carbons (Fsp3) is 0.143. The number of rotatable bonds is 7. The first-order valence-corrected chi connectivity index (χ1v) is 8.83. The maximum absolute atomic E-state index is 12.2. The molecule has 29 heavy (non-hydrogen) atoms. The molecule has 0 saturated heterocycles. The third-order valence-electron chi connectivity index (χ3n) is 4.24. The number of benzene rings is 2. The van der Waals surface area contributed by atoms with E-state index in [1.807, 2.05) is 12.1 Å². The average Bonchev–Trinajstić information content (AvgIpc) is 3.02. The Morgan fingerprint density at radius 1 is 1.21 bits per heavy atom. The molecule has 8 heteroatoms. The maximum Gasteiger partial charge on any atom is 0.283 e. The van der Waals surface area contributed by atoms with Crippen molar-refractivity contribution in [2.75, 3.05) is 13.7 Å². The zero-order valence-electron chi connectivity index (χ0n) is 15.8. The number of aromatic nitrogens is 1. The van der Waals surface area contributed by atoms with Crippen LogP contribution in [0.4, 0.5) is 5.69 Å². The summed E-state index contributed by atoms with van der Waals surface area (Å²) in [5.41, 5.74) is 1.24. The molecule has 0 unspecified atom stereocenters. The molecule has 0 bridgehead atoms. The van der Waals surface area contributed by atoms with Crippen LogP contribution in [-0.4, -0.2) is 35.1 Å². The van der Waals surface area contributed by atoms with Gasteiger partial charge in [0.15, 0.2) is 5.69 Å². The van der Waals surface area contributed by atoms with Crippen LogP contribution in [-0.2, 0) is 11.3 Å². The van der Waals surface area contributed by atoms with E-state index in [-0.39, 0.29) is 18.1 Å². The van der Waals surface area contributed by atoms with E-state index in [2.05, 4.69) is 22.1 Å². The predicted octanol–water partition coefficient (Wildman–Crippen LogP) is 3.58. The zero-order chi connectivity index (χ0) is 20.8. The zero-order valence-corrected chi connectivity index (χ0v) is 15.8. The van der Waals surface area contributed by atoms with E-state index in [1.165, 1.54) is 7.11 Å². The van der Waals surface area contributed by atoms with Gasteiger partial charge in [-0.05, 0) is 18.2 Å². The second kappa shape index (κ2) is 8.83. The van der Waals surface area contributed by atoms with Crippen molar-refractivity contribution in [3.63, 3.8) is 0 Å². The van der Waals surface area contributed by atoms with Gasteiger partial charge in [-0.15, -0.1) is 16.8 Å². The van der Waals surface area contributed by atoms with Crippen LogP contribution in [0, 0.1) is 0 Å². The number of para-hydroxylation sites is 2. The number of hydrogen-bond acceptors (Lipinski definition) is 5. The molecule has 2 N–H and O–H groups in total. The molecule has 3 rings (SSSR count). The van der Waals surface area contributed by atoms with Crippen molar-refractivity contribution in [1.82, 2.24) is 9.88 Å². The van der Waals surface area contributed by atoms with E-state index in [0.29, 0.717) is 23.2 Å². The number of ether oxygens (including phenoxy) is 1. The van der Waals surface area contributed by atoms with Gasteiger partial charge in [0.1, 0.15) is 12.3 Å². The van der Waals surface area contributed by atoms with Gasteiger partial charge in [0.25, 0.3) is 11.8 Å². The van der Waals surface area contributed by atoms with Crippen LogP contribution in [0.25, 0.3) is 10.9 Å². The summed E-state index contributed by atoms with van der Waals surface area (Å²) in [4.78, 5) is 24.3. The van der Waals surface area contributed by atoms with Crippen LogP contribution in [0.3, 0.4) is 0 Å². The van der Waals surface area contributed by atoms with E-state index in [0.717, 1.165) is 5.52 Å². The smallest absolute Gasteiger partial charge is 0.283 e. The number of amides is 2. The summed E-state index contributed by atoms with van der Waals surface area (Å²) in [6.45, 7) is 3.72. The van der Waals surface area contributed by atoms with Crippen molar-refractivity contribution in [2.45, 2.75) is 6.54 Å². The monoisotopic (exact) mass is 392 g/mol. The molecule has 2 aromatic carbocycles. The highest BCUT2D eigenvalue weighted by atomic mass is 16.5. The standard InChI is InChI=1S/C21H20N4O4/c1-3-12-25-16-10-6-4-8-14(16)19(21(25)28)24-23-18(26)13-22-20(27)15-9-5-7-11-17(15)29-2/h3-11,28H,1,12-13H2,2H3,(H,22,27). The highest BCUT2D eigenvalue weighted by Crippen LogP contribution is 2.38. The molecule has 1 heterocycles. The second-order valence-electron chi connectivity index (χ2n) is 6.07. The average molecular weight is 392 g/mol. The number of allylic oxidation sites excluding steroid dienone is 1. The summed E-state index contributed by atoms with van der Waals surface area (Å²) >= 11 is 0. The first kappa shape index (κ1) is 19.8. The fourth-order valence-corrected chi connectivity index (χ4v) is 2.91. The molecule has 0 aliphatic heterocycles. The number of nitrogens with zero attached hydrogens (tertiary/aromatic N) is 3. The molecule has 0 saturated carbocycles. The van der Waals surface area contributed by atoms with Gasteiger partial charge in [-0.3, -0.25) is 9.59 Å². The van der Waals surface area contributed by atoms with E-state index < -0.39 is 11.8 Å². The van der Waals surface area contributed by atoms with Gasteiger partial charge in [-0.2, -0.15) is 0 Å². The highest BCUT2D eigenvalue weighted by molar-refractivity contribution is 5.99. The molecule has 0 atom stereocenters. The Labute approximate surface area is 167 Å². The van der Waals surface area contributed by atoms with Gasteiger partial charge in [0.05, 0.1) is 18.2 Å². The topological polar surface area (TPSA) is 105 Å². The van der Waals surface area contributed by atoms with Crippen molar-refractivity contribution in [1.29, 1.82) is 0 Å². The lowest BCUT2D eigenvalue weighted by Gasteiger charge is -2.07. The molecule has 0 aliphatic carbocycles. The van der Waals surface area contributed by atoms with Crippen LogP contribution in [0.5, 0.6) is 11.6 Å². The summed E-state index contributed by atoms with van der Waals surface area (Å²) < 4.78 is 6.75. The van der Waals surface area contributed by atoms with Crippen molar-refractivity contribution in [3.05, 3.63) is 66.7 Å². The van der Waals surface area contributed by atoms with Crippen LogP contribution in [0.1, 0.15) is 10.4 Å². The van der Waals surface area contributed by atoms with Gasteiger partial charge in [0.2, 0.25) is 5.88 Å². The third kappa shape index (κ3) is 4.16. The molecular formula is C21H20N4O4. The summed E-state index contributed by atoms with van der Waals surface area (Å²) in [5, 5.41) is 21.1. The van der Waals surface area contributed by atoms with Crippen LogP contribution >= 0.6 is 0 Å². The predicted molar refractivity (Wildman–Crippen MR) is 109 cm³/mol. The SMILES string of the molecule is C=CCn1c(O)c(N=NC(=O)CNC(=O)c2ccccc2OC)c2ccccc21. The Kier molecular flexibility index (Phi) is 6.03. The van der Waals surface area contributed by atoms with Crippen molar-refractivity contribution in [3.8, 4) is 11.6 Å². The lowest BCUT2D eigenvalue weighted by atomic mass is 10.2. The number of nitrogens with one attached hydrogen (secondary N) is 1. The Bertz CT molecular complexity index is 1100. The molecule has 3 aromatic rings. The van der Waals surface area contributed by atoms with Crippen LogP contribution < -0.4 is 10.1 Å². The summed E-state index contributed by atoms with van der Waals surface area (Å²) in [6.07, 6.45) is 1.64. The number of methoxy groups -OCH3 is 1. The summed E-state index contributed by atoms with van der Waals surface area (Å²) in [5.74, 6) is -0.829. The lowest BCUT2D eigenvalue weighted by molar-refractivity contribution is -0.117. The summed E-state index contributed by atoms with van der Waals surface area (Å²) in [6, 6.07) is 13.9. The Morgan fingerprint density at radius 3 is 2.69 bits per heavy atom. The van der Waals surface area contributed by atoms with E-state index in [1.54, 1.807) is 47.0 Å². The number of azo groups is 1. The largest absolute Gasteiger partial charge is 0.496 e. The van der Waals surface area contributed by atoms with Crippen molar-refractivity contribution >= 4 is 28.4 Å².